The molecule has 0 aliphatic carbocycles. The van der Waals surface area contributed by atoms with Gasteiger partial charge in [-0.15, -0.1) is 23.7 Å². The number of halogens is 1. The Morgan fingerprint density at radius 2 is 2.24 bits per heavy atom. The van der Waals surface area contributed by atoms with E-state index in [0.717, 1.165) is 32.4 Å². The van der Waals surface area contributed by atoms with Gasteiger partial charge in [0.2, 0.25) is 5.91 Å². The lowest BCUT2D eigenvalue weighted by atomic mass is 10.0. The minimum atomic E-state index is 0. The summed E-state index contributed by atoms with van der Waals surface area (Å²) in [4.78, 5) is 17.1. The third kappa shape index (κ3) is 5.28. The number of hydrogen-bond acceptors (Lipinski definition) is 3. The van der Waals surface area contributed by atoms with Gasteiger partial charge in [0.1, 0.15) is 0 Å². The average Bonchev–Trinajstić information content (AvgIpc) is 2.77. The highest BCUT2D eigenvalue weighted by molar-refractivity contribution is 7.12. The summed E-state index contributed by atoms with van der Waals surface area (Å²) in [5.41, 5.74) is 1.42. The van der Waals surface area contributed by atoms with Gasteiger partial charge in [-0.3, -0.25) is 4.79 Å². The predicted octanol–water partition coefficient (Wildman–Crippen LogP) is 3.32. The summed E-state index contributed by atoms with van der Waals surface area (Å²) >= 11 is 1.86. The quantitative estimate of drug-likeness (QED) is 0.898. The molecule has 1 aliphatic rings. The maximum absolute atomic E-state index is 12.2. The van der Waals surface area contributed by atoms with E-state index in [1.54, 1.807) is 0 Å². The van der Waals surface area contributed by atoms with E-state index in [9.17, 15) is 4.79 Å². The van der Waals surface area contributed by atoms with Crippen molar-refractivity contribution >= 4 is 29.7 Å². The molecule has 120 valence electrons. The lowest BCUT2D eigenvalue weighted by Crippen LogP contribution is -2.46. The summed E-state index contributed by atoms with van der Waals surface area (Å²) in [6.07, 6.45) is 5.00. The number of likely N-dealkylation sites (tertiary alicyclic amines) is 1. The van der Waals surface area contributed by atoms with Gasteiger partial charge in [0.05, 0.1) is 0 Å². The Labute approximate surface area is 138 Å². The van der Waals surface area contributed by atoms with Crippen LogP contribution in [0.15, 0.2) is 6.07 Å². The first-order valence-corrected chi connectivity index (χ1v) is 8.42. The van der Waals surface area contributed by atoms with Crippen LogP contribution in [0.1, 0.15) is 41.0 Å². The molecule has 0 radical (unpaired) electrons. The van der Waals surface area contributed by atoms with Gasteiger partial charge in [0.15, 0.2) is 0 Å². The topological polar surface area (TPSA) is 32.3 Å². The lowest BCUT2D eigenvalue weighted by molar-refractivity contribution is -0.132. The Balaban J connectivity index is 0.00000220. The molecule has 0 bridgehead atoms. The second kappa shape index (κ2) is 8.76. The Morgan fingerprint density at radius 3 is 2.86 bits per heavy atom. The second-order valence-corrected chi connectivity index (χ2v) is 7.22. The summed E-state index contributed by atoms with van der Waals surface area (Å²) in [6, 6.07) is 2.75. The van der Waals surface area contributed by atoms with Crippen LogP contribution in [0.5, 0.6) is 0 Å². The molecule has 1 saturated heterocycles. The predicted molar refractivity (Wildman–Crippen MR) is 92.6 cm³/mol. The molecule has 1 unspecified atom stereocenters. The van der Waals surface area contributed by atoms with Gasteiger partial charge in [-0.2, -0.15) is 0 Å². The van der Waals surface area contributed by atoms with Crippen LogP contribution in [0, 0.1) is 13.8 Å². The van der Waals surface area contributed by atoms with Gasteiger partial charge < -0.3 is 10.2 Å². The maximum Gasteiger partial charge on any atom is 0.222 e. The van der Waals surface area contributed by atoms with Crippen molar-refractivity contribution in [2.24, 2.45) is 0 Å². The standard InChI is InChI=1S/C16H26N2OS.ClH/c1-12-10-14(13(2)20-12)6-4-8-16(19)18-9-5-7-15(11-18)17-3;/h10,15,17H,4-9,11H2,1-3H3;1H. The molecule has 3 nitrogen and oxygen atoms in total. The molecule has 2 heterocycles. The fourth-order valence-corrected chi connectivity index (χ4v) is 3.94. The first-order chi connectivity index (χ1) is 9.60. The van der Waals surface area contributed by atoms with Crippen LogP contribution in [-0.2, 0) is 11.2 Å². The fourth-order valence-electron chi connectivity index (χ4n) is 2.96. The first kappa shape index (κ1) is 18.5. The lowest BCUT2D eigenvalue weighted by Gasteiger charge is -2.32. The zero-order valence-corrected chi connectivity index (χ0v) is 14.9. The number of piperidine rings is 1. The van der Waals surface area contributed by atoms with E-state index in [1.165, 1.54) is 21.7 Å². The minimum absolute atomic E-state index is 0. The number of aryl methyl sites for hydroxylation is 3. The number of carbonyl (C=O) groups is 1. The zero-order chi connectivity index (χ0) is 14.5. The van der Waals surface area contributed by atoms with Crippen LogP contribution in [0.3, 0.4) is 0 Å². The molecule has 0 spiro atoms. The number of thiophene rings is 1. The van der Waals surface area contributed by atoms with E-state index in [4.69, 9.17) is 0 Å². The van der Waals surface area contributed by atoms with Crippen molar-refractivity contribution in [3.8, 4) is 0 Å². The normalized spacial score (nSPS) is 18.4. The SMILES string of the molecule is CNC1CCCN(C(=O)CCCc2cc(C)sc2C)C1.Cl. The molecule has 1 amide bonds. The molecular formula is C16H27ClN2OS. The van der Waals surface area contributed by atoms with Crippen molar-refractivity contribution in [2.45, 2.75) is 52.0 Å². The van der Waals surface area contributed by atoms with Crippen LogP contribution < -0.4 is 5.32 Å². The smallest absolute Gasteiger partial charge is 0.222 e. The van der Waals surface area contributed by atoms with Crippen LogP contribution >= 0.6 is 23.7 Å². The molecule has 0 aromatic carbocycles. The number of rotatable bonds is 5. The highest BCUT2D eigenvalue weighted by Gasteiger charge is 2.21. The number of likely N-dealkylation sites (N-methyl/N-ethyl adjacent to an activating group) is 1. The van der Waals surface area contributed by atoms with Gasteiger partial charge in [-0.25, -0.2) is 0 Å². The van der Waals surface area contributed by atoms with Gasteiger partial charge in [-0.1, -0.05) is 0 Å². The van der Waals surface area contributed by atoms with E-state index in [0.29, 0.717) is 18.4 Å². The van der Waals surface area contributed by atoms with E-state index in [2.05, 4.69) is 25.2 Å². The summed E-state index contributed by atoms with van der Waals surface area (Å²) in [7, 11) is 1.99. The van der Waals surface area contributed by atoms with Gasteiger partial charge in [0.25, 0.3) is 0 Å². The Kier molecular flexibility index (Phi) is 7.71. The highest BCUT2D eigenvalue weighted by Crippen LogP contribution is 2.22. The van der Waals surface area contributed by atoms with Gasteiger partial charge in [-0.05, 0) is 58.2 Å². The molecule has 0 saturated carbocycles. The first-order valence-electron chi connectivity index (χ1n) is 7.61. The van der Waals surface area contributed by atoms with Crippen LogP contribution in [0.4, 0.5) is 0 Å². The third-order valence-electron chi connectivity index (χ3n) is 4.16. The van der Waals surface area contributed by atoms with Crippen molar-refractivity contribution in [1.82, 2.24) is 10.2 Å². The van der Waals surface area contributed by atoms with E-state index >= 15 is 0 Å². The molecule has 1 atom stereocenters. The van der Waals surface area contributed by atoms with Crippen molar-refractivity contribution in [3.05, 3.63) is 21.4 Å². The van der Waals surface area contributed by atoms with Gasteiger partial charge >= 0.3 is 0 Å². The Bertz CT molecular complexity index is 461. The van der Waals surface area contributed by atoms with Crippen LogP contribution in [0.25, 0.3) is 0 Å². The number of amides is 1. The molecule has 1 aromatic heterocycles. The van der Waals surface area contributed by atoms with Crippen molar-refractivity contribution in [2.75, 3.05) is 20.1 Å². The molecular weight excluding hydrogens is 304 g/mol. The van der Waals surface area contributed by atoms with E-state index < -0.39 is 0 Å². The van der Waals surface area contributed by atoms with E-state index in [1.807, 2.05) is 23.3 Å². The highest BCUT2D eigenvalue weighted by atomic mass is 35.5. The zero-order valence-electron chi connectivity index (χ0n) is 13.3. The second-order valence-electron chi connectivity index (χ2n) is 5.76. The molecule has 1 fully saturated rings. The third-order valence-corrected chi connectivity index (χ3v) is 5.17. The molecule has 1 aromatic rings. The number of nitrogens with one attached hydrogen (secondary N) is 1. The van der Waals surface area contributed by atoms with Gasteiger partial charge in [0, 0.05) is 35.3 Å². The Hall–Kier alpha value is -0.580. The number of nitrogens with zero attached hydrogens (tertiary/aromatic N) is 1. The molecule has 1 N–H and O–H groups in total. The molecule has 5 heteroatoms. The maximum atomic E-state index is 12.2. The summed E-state index contributed by atoms with van der Waals surface area (Å²) in [6.45, 7) is 6.15. The van der Waals surface area contributed by atoms with E-state index in [-0.39, 0.29) is 12.4 Å². The van der Waals surface area contributed by atoms with Crippen LogP contribution in [0.2, 0.25) is 0 Å². The van der Waals surface area contributed by atoms with Crippen molar-refractivity contribution in [1.29, 1.82) is 0 Å². The fraction of sp³-hybridized carbons (Fsp3) is 0.688. The van der Waals surface area contributed by atoms with Crippen molar-refractivity contribution in [3.63, 3.8) is 0 Å². The Morgan fingerprint density at radius 1 is 1.48 bits per heavy atom. The summed E-state index contributed by atoms with van der Waals surface area (Å²) in [5, 5.41) is 3.29. The van der Waals surface area contributed by atoms with Crippen molar-refractivity contribution < 1.29 is 4.79 Å². The molecule has 21 heavy (non-hydrogen) atoms. The summed E-state index contributed by atoms with van der Waals surface area (Å²) < 4.78 is 0. The average molecular weight is 331 g/mol. The summed E-state index contributed by atoms with van der Waals surface area (Å²) in [5.74, 6) is 0.328. The van der Waals surface area contributed by atoms with Crippen LogP contribution in [-0.4, -0.2) is 37.0 Å². The monoisotopic (exact) mass is 330 g/mol. The number of hydrogen-bond donors (Lipinski definition) is 1. The molecule has 1 aliphatic heterocycles. The molecule has 2 rings (SSSR count). The minimum Gasteiger partial charge on any atom is -0.341 e. The number of carbonyl (C=O) groups excluding carboxylic acids is 1. The largest absolute Gasteiger partial charge is 0.341 e.